The van der Waals surface area contributed by atoms with Crippen LogP contribution in [0, 0.1) is 26.9 Å². The first-order chi connectivity index (χ1) is 9.20. The van der Waals surface area contributed by atoms with Gasteiger partial charge in [-0.05, 0) is 22.8 Å². The van der Waals surface area contributed by atoms with E-state index in [9.17, 15) is 10.1 Å². The average molecular weight is 277 g/mol. The van der Waals surface area contributed by atoms with Gasteiger partial charge in [-0.15, -0.1) is 0 Å². The lowest BCUT2D eigenvalue weighted by molar-refractivity contribution is -0.384. The van der Waals surface area contributed by atoms with E-state index in [4.69, 9.17) is 0 Å². The second-order valence-corrected chi connectivity index (χ2v) is 6.65. The van der Waals surface area contributed by atoms with E-state index in [1.165, 1.54) is 6.07 Å². The van der Waals surface area contributed by atoms with Crippen molar-refractivity contribution in [1.82, 2.24) is 0 Å². The van der Waals surface area contributed by atoms with Crippen LogP contribution in [0.25, 0.3) is 0 Å². The Morgan fingerprint density at radius 1 is 1.15 bits per heavy atom. The highest BCUT2D eigenvalue weighted by Gasteiger charge is 2.63. The minimum Gasteiger partial charge on any atom is -0.388 e. The fourth-order valence-corrected chi connectivity index (χ4v) is 3.03. The lowest BCUT2D eigenvalue weighted by Crippen LogP contribution is -2.08. The van der Waals surface area contributed by atoms with Crippen LogP contribution in [-0.4, -0.2) is 18.5 Å². The number of anilines is 2. The molecule has 0 saturated heterocycles. The zero-order chi connectivity index (χ0) is 15.1. The van der Waals surface area contributed by atoms with E-state index in [0.29, 0.717) is 16.7 Å². The standard InChI is InChI=1S/C15H23N3O2/c1-14(2)13(15(14,3)4)9-17-11-6-10(16-5)7-12(8-11)18(19)20/h6-8,13,16-17H,9H2,1-5H3. The predicted molar refractivity (Wildman–Crippen MR) is 82.2 cm³/mol. The first-order valence-electron chi connectivity index (χ1n) is 6.91. The SMILES string of the molecule is CNc1cc(NCC2C(C)(C)C2(C)C)cc([N+](=O)[O-])c1. The van der Waals surface area contributed by atoms with Crippen LogP contribution in [0.15, 0.2) is 18.2 Å². The monoisotopic (exact) mass is 277 g/mol. The predicted octanol–water partition coefficient (Wildman–Crippen LogP) is 3.73. The van der Waals surface area contributed by atoms with Crippen LogP contribution < -0.4 is 10.6 Å². The second-order valence-electron chi connectivity index (χ2n) is 6.65. The fourth-order valence-electron chi connectivity index (χ4n) is 3.03. The molecule has 1 aromatic carbocycles. The molecule has 5 nitrogen and oxygen atoms in total. The van der Waals surface area contributed by atoms with Crippen molar-refractivity contribution < 1.29 is 4.92 Å². The summed E-state index contributed by atoms with van der Waals surface area (Å²) in [5, 5.41) is 17.2. The van der Waals surface area contributed by atoms with E-state index in [1.807, 2.05) is 6.07 Å². The van der Waals surface area contributed by atoms with Gasteiger partial charge < -0.3 is 10.6 Å². The van der Waals surface area contributed by atoms with Gasteiger partial charge in [-0.2, -0.15) is 0 Å². The van der Waals surface area contributed by atoms with E-state index in [2.05, 4.69) is 38.3 Å². The number of hydrogen-bond donors (Lipinski definition) is 2. The number of nitro benzene ring substituents is 1. The van der Waals surface area contributed by atoms with Crippen LogP contribution in [0.3, 0.4) is 0 Å². The van der Waals surface area contributed by atoms with E-state index in [0.717, 1.165) is 17.9 Å². The number of benzene rings is 1. The maximum absolute atomic E-state index is 10.9. The Hall–Kier alpha value is -1.78. The van der Waals surface area contributed by atoms with E-state index >= 15 is 0 Å². The summed E-state index contributed by atoms with van der Waals surface area (Å²) in [6, 6.07) is 5.02. The molecule has 0 unspecified atom stereocenters. The Kier molecular flexibility index (Phi) is 3.40. The van der Waals surface area contributed by atoms with Crippen molar-refractivity contribution in [2.45, 2.75) is 27.7 Å². The van der Waals surface area contributed by atoms with Crippen LogP contribution in [0.5, 0.6) is 0 Å². The van der Waals surface area contributed by atoms with Crippen molar-refractivity contribution in [3.8, 4) is 0 Å². The van der Waals surface area contributed by atoms with Crippen molar-refractivity contribution in [2.24, 2.45) is 16.7 Å². The largest absolute Gasteiger partial charge is 0.388 e. The van der Waals surface area contributed by atoms with Crippen molar-refractivity contribution in [1.29, 1.82) is 0 Å². The normalized spacial score (nSPS) is 19.4. The first-order valence-corrected chi connectivity index (χ1v) is 6.91. The molecule has 0 aromatic heterocycles. The zero-order valence-corrected chi connectivity index (χ0v) is 12.8. The quantitative estimate of drug-likeness (QED) is 0.635. The third-order valence-corrected chi connectivity index (χ3v) is 5.25. The molecule has 2 N–H and O–H groups in total. The molecule has 1 fully saturated rings. The summed E-state index contributed by atoms with van der Waals surface area (Å²) in [4.78, 5) is 10.6. The highest BCUT2D eigenvalue weighted by molar-refractivity contribution is 5.63. The van der Waals surface area contributed by atoms with Gasteiger partial charge >= 0.3 is 0 Å². The molecule has 20 heavy (non-hydrogen) atoms. The summed E-state index contributed by atoms with van der Waals surface area (Å²) in [5.41, 5.74) is 2.27. The molecule has 2 rings (SSSR count). The van der Waals surface area contributed by atoms with Gasteiger partial charge in [0.25, 0.3) is 5.69 Å². The average Bonchev–Trinajstić information content (AvgIpc) is 2.76. The third kappa shape index (κ3) is 2.32. The van der Waals surface area contributed by atoms with Gasteiger partial charge in [0.15, 0.2) is 0 Å². The van der Waals surface area contributed by atoms with Crippen molar-refractivity contribution in [2.75, 3.05) is 24.2 Å². The number of non-ortho nitro benzene ring substituents is 1. The van der Waals surface area contributed by atoms with Crippen molar-refractivity contribution in [3.05, 3.63) is 28.3 Å². The van der Waals surface area contributed by atoms with Gasteiger partial charge in [-0.3, -0.25) is 10.1 Å². The van der Waals surface area contributed by atoms with E-state index in [-0.39, 0.29) is 10.6 Å². The van der Waals surface area contributed by atoms with E-state index in [1.54, 1.807) is 13.1 Å². The number of nitro groups is 1. The molecule has 0 heterocycles. The van der Waals surface area contributed by atoms with Gasteiger partial charge in [0.1, 0.15) is 0 Å². The Morgan fingerprint density at radius 2 is 1.70 bits per heavy atom. The molecule has 1 aliphatic rings. The molecule has 110 valence electrons. The Bertz CT molecular complexity index is 524. The Balaban J connectivity index is 2.11. The van der Waals surface area contributed by atoms with Crippen LogP contribution in [-0.2, 0) is 0 Å². The molecule has 0 bridgehead atoms. The highest BCUT2D eigenvalue weighted by atomic mass is 16.6. The minimum absolute atomic E-state index is 0.105. The molecular weight excluding hydrogens is 254 g/mol. The first kappa shape index (κ1) is 14.6. The molecule has 1 aliphatic carbocycles. The van der Waals surface area contributed by atoms with Crippen LogP contribution in [0.1, 0.15) is 27.7 Å². The molecule has 1 aromatic rings. The smallest absolute Gasteiger partial charge is 0.273 e. The maximum Gasteiger partial charge on any atom is 0.273 e. The van der Waals surface area contributed by atoms with Gasteiger partial charge in [0.2, 0.25) is 0 Å². The topological polar surface area (TPSA) is 67.2 Å². The third-order valence-electron chi connectivity index (χ3n) is 5.25. The molecule has 0 aliphatic heterocycles. The zero-order valence-electron chi connectivity index (χ0n) is 12.8. The van der Waals surface area contributed by atoms with E-state index < -0.39 is 0 Å². The van der Waals surface area contributed by atoms with Gasteiger partial charge in [-0.25, -0.2) is 0 Å². The molecule has 0 atom stereocenters. The van der Waals surface area contributed by atoms with Crippen LogP contribution in [0.4, 0.5) is 17.1 Å². The summed E-state index contributed by atoms with van der Waals surface area (Å²) >= 11 is 0. The number of nitrogens with one attached hydrogen (secondary N) is 2. The molecule has 0 radical (unpaired) electrons. The summed E-state index contributed by atoms with van der Waals surface area (Å²) in [7, 11) is 1.76. The number of nitrogens with zero attached hydrogens (tertiary/aromatic N) is 1. The number of rotatable bonds is 5. The summed E-state index contributed by atoms with van der Waals surface area (Å²) in [6.07, 6.45) is 0. The van der Waals surface area contributed by atoms with Crippen LogP contribution in [0.2, 0.25) is 0 Å². The Labute approximate surface area is 119 Å². The minimum atomic E-state index is -0.364. The lowest BCUT2D eigenvalue weighted by atomic mass is 10.0. The lowest BCUT2D eigenvalue weighted by Gasteiger charge is -2.09. The maximum atomic E-state index is 10.9. The molecule has 5 heteroatoms. The van der Waals surface area contributed by atoms with Crippen LogP contribution >= 0.6 is 0 Å². The van der Waals surface area contributed by atoms with Crippen molar-refractivity contribution >= 4 is 17.1 Å². The van der Waals surface area contributed by atoms with Gasteiger partial charge in [0, 0.05) is 37.1 Å². The summed E-state index contributed by atoms with van der Waals surface area (Å²) in [5.74, 6) is 0.576. The summed E-state index contributed by atoms with van der Waals surface area (Å²) in [6.45, 7) is 9.92. The highest BCUT2D eigenvalue weighted by Crippen LogP contribution is 2.68. The fraction of sp³-hybridized carbons (Fsp3) is 0.600. The van der Waals surface area contributed by atoms with Crippen molar-refractivity contribution in [3.63, 3.8) is 0 Å². The molecule has 0 amide bonds. The molecule has 1 saturated carbocycles. The molecular formula is C15H23N3O2. The molecule has 0 spiro atoms. The van der Waals surface area contributed by atoms with Gasteiger partial charge in [0.05, 0.1) is 4.92 Å². The Morgan fingerprint density at radius 3 is 2.15 bits per heavy atom. The van der Waals surface area contributed by atoms with Gasteiger partial charge in [-0.1, -0.05) is 27.7 Å². The second kappa shape index (κ2) is 4.65. The summed E-state index contributed by atoms with van der Waals surface area (Å²) < 4.78 is 0. The number of hydrogen-bond acceptors (Lipinski definition) is 4.